The first-order valence-corrected chi connectivity index (χ1v) is 5.91. The highest BCUT2D eigenvalue weighted by Crippen LogP contribution is 2.42. The number of benzene rings is 1. The summed E-state index contributed by atoms with van der Waals surface area (Å²) in [7, 11) is 0. The highest BCUT2D eigenvalue weighted by Gasteiger charge is 2.66. The fourth-order valence-electron chi connectivity index (χ4n) is 1.53. The van der Waals surface area contributed by atoms with E-state index in [0.717, 1.165) is 12.1 Å². The monoisotopic (exact) mass is 331 g/mol. The Balaban J connectivity index is 3.25. The van der Waals surface area contributed by atoms with E-state index in [1.165, 1.54) is 13.8 Å². The standard InChI is InChI=1S/C12H11F6NO3/c1-6(2)8-5-7(19(20)21)3-4-9(8)22-12(17,18)11(15,16)10(13)14/h3-6,10H,1-2H3. The zero-order valence-corrected chi connectivity index (χ0v) is 11.3. The molecule has 0 aliphatic carbocycles. The molecule has 0 saturated heterocycles. The topological polar surface area (TPSA) is 52.4 Å². The van der Waals surface area contributed by atoms with Gasteiger partial charge in [-0.3, -0.25) is 10.1 Å². The molecule has 0 radical (unpaired) electrons. The van der Waals surface area contributed by atoms with Crippen LogP contribution in [0.15, 0.2) is 18.2 Å². The third-order valence-electron chi connectivity index (χ3n) is 2.73. The Kier molecular flexibility index (Phi) is 4.93. The lowest BCUT2D eigenvalue weighted by atomic mass is 10.0. The Morgan fingerprint density at radius 3 is 2.14 bits per heavy atom. The predicted molar refractivity (Wildman–Crippen MR) is 63.7 cm³/mol. The number of halogens is 6. The van der Waals surface area contributed by atoms with E-state index in [1.807, 2.05) is 0 Å². The molecule has 0 aromatic heterocycles. The molecule has 0 heterocycles. The molecule has 22 heavy (non-hydrogen) atoms. The zero-order chi connectivity index (χ0) is 17.3. The number of hydrogen-bond donors (Lipinski definition) is 0. The molecular formula is C12H11F6NO3. The van der Waals surface area contributed by atoms with Gasteiger partial charge in [0.2, 0.25) is 0 Å². The van der Waals surface area contributed by atoms with Crippen molar-refractivity contribution in [1.82, 2.24) is 0 Å². The Labute approximate surface area is 120 Å². The van der Waals surface area contributed by atoms with E-state index in [4.69, 9.17) is 0 Å². The summed E-state index contributed by atoms with van der Waals surface area (Å²) in [4.78, 5) is 9.80. The van der Waals surface area contributed by atoms with Crippen LogP contribution in [0.25, 0.3) is 0 Å². The van der Waals surface area contributed by atoms with Gasteiger partial charge in [-0.25, -0.2) is 8.78 Å². The van der Waals surface area contributed by atoms with Crippen LogP contribution in [-0.2, 0) is 0 Å². The smallest absolute Gasteiger partial charge is 0.428 e. The number of nitro groups is 1. The predicted octanol–water partition coefficient (Wildman–Crippen LogP) is 4.59. The molecule has 1 aromatic carbocycles. The fourth-order valence-corrected chi connectivity index (χ4v) is 1.53. The number of hydrogen-bond acceptors (Lipinski definition) is 3. The van der Waals surface area contributed by atoms with Crippen molar-refractivity contribution < 1.29 is 36.0 Å². The molecule has 0 N–H and O–H groups in total. The highest BCUT2D eigenvalue weighted by molar-refractivity contribution is 5.45. The van der Waals surface area contributed by atoms with Crippen LogP contribution in [0.5, 0.6) is 5.75 Å². The van der Waals surface area contributed by atoms with Gasteiger partial charge in [0.15, 0.2) is 0 Å². The van der Waals surface area contributed by atoms with Gasteiger partial charge in [0.25, 0.3) is 5.69 Å². The molecule has 10 heteroatoms. The van der Waals surface area contributed by atoms with Crippen LogP contribution in [0.2, 0.25) is 0 Å². The molecule has 0 atom stereocenters. The molecule has 0 aliphatic heterocycles. The average molecular weight is 331 g/mol. The molecule has 0 bridgehead atoms. The van der Waals surface area contributed by atoms with Gasteiger partial charge in [-0.15, -0.1) is 0 Å². The van der Waals surface area contributed by atoms with Crippen LogP contribution in [0.3, 0.4) is 0 Å². The molecule has 0 saturated carbocycles. The van der Waals surface area contributed by atoms with Crippen molar-refractivity contribution in [3.8, 4) is 5.75 Å². The van der Waals surface area contributed by atoms with Crippen LogP contribution >= 0.6 is 0 Å². The maximum Gasteiger partial charge on any atom is 0.470 e. The first-order chi connectivity index (χ1) is 9.90. The van der Waals surface area contributed by atoms with Gasteiger partial charge >= 0.3 is 18.5 Å². The second kappa shape index (κ2) is 6.01. The molecule has 0 amide bonds. The van der Waals surface area contributed by atoms with E-state index in [-0.39, 0.29) is 5.56 Å². The molecule has 1 aromatic rings. The van der Waals surface area contributed by atoms with Gasteiger partial charge in [0, 0.05) is 17.7 Å². The molecule has 0 spiro atoms. The van der Waals surface area contributed by atoms with E-state index >= 15 is 0 Å². The van der Waals surface area contributed by atoms with E-state index in [0.29, 0.717) is 6.07 Å². The summed E-state index contributed by atoms with van der Waals surface area (Å²) in [5.41, 5.74) is -0.654. The molecule has 124 valence electrons. The van der Waals surface area contributed by atoms with E-state index < -0.39 is 40.7 Å². The lowest BCUT2D eigenvalue weighted by Crippen LogP contribution is -2.50. The lowest BCUT2D eigenvalue weighted by Gasteiger charge is -2.27. The molecule has 0 unspecified atom stereocenters. The summed E-state index contributed by atoms with van der Waals surface area (Å²) in [6.45, 7) is 2.88. The minimum Gasteiger partial charge on any atom is -0.428 e. The van der Waals surface area contributed by atoms with Gasteiger partial charge in [-0.2, -0.15) is 17.6 Å². The quantitative estimate of drug-likeness (QED) is 0.435. The summed E-state index contributed by atoms with van der Waals surface area (Å²) in [5, 5.41) is 10.6. The first-order valence-electron chi connectivity index (χ1n) is 5.91. The van der Waals surface area contributed by atoms with E-state index in [1.54, 1.807) is 0 Å². The lowest BCUT2D eigenvalue weighted by molar-refractivity contribution is -0.385. The number of alkyl halides is 6. The fraction of sp³-hybridized carbons (Fsp3) is 0.500. The summed E-state index contributed by atoms with van der Waals surface area (Å²) in [5.74, 6) is -7.14. The van der Waals surface area contributed by atoms with Crippen molar-refractivity contribution >= 4 is 5.69 Å². The Hall–Kier alpha value is -2.00. The van der Waals surface area contributed by atoms with Gasteiger partial charge in [0.05, 0.1) is 4.92 Å². The van der Waals surface area contributed by atoms with Crippen molar-refractivity contribution in [3.05, 3.63) is 33.9 Å². The Morgan fingerprint density at radius 1 is 1.18 bits per heavy atom. The largest absolute Gasteiger partial charge is 0.470 e. The zero-order valence-electron chi connectivity index (χ0n) is 11.3. The van der Waals surface area contributed by atoms with Gasteiger partial charge in [-0.05, 0) is 12.0 Å². The summed E-state index contributed by atoms with van der Waals surface area (Å²) in [6.07, 6.45) is -10.1. The third-order valence-corrected chi connectivity index (χ3v) is 2.73. The van der Waals surface area contributed by atoms with Crippen molar-refractivity contribution in [3.63, 3.8) is 0 Å². The van der Waals surface area contributed by atoms with Crippen LogP contribution in [-0.4, -0.2) is 23.4 Å². The first kappa shape index (κ1) is 18.1. The molecule has 0 fully saturated rings. The van der Waals surface area contributed by atoms with Crippen molar-refractivity contribution in [2.75, 3.05) is 0 Å². The highest BCUT2D eigenvalue weighted by atomic mass is 19.3. The normalized spacial score (nSPS) is 12.8. The van der Waals surface area contributed by atoms with Crippen LogP contribution in [0.1, 0.15) is 25.3 Å². The van der Waals surface area contributed by atoms with Crippen molar-refractivity contribution in [2.24, 2.45) is 0 Å². The summed E-state index contributed by atoms with van der Waals surface area (Å²) >= 11 is 0. The number of rotatable bonds is 6. The second-order valence-electron chi connectivity index (χ2n) is 4.68. The number of non-ortho nitro benzene ring substituents is 1. The minimum absolute atomic E-state index is 0.182. The molecule has 4 nitrogen and oxygen atoms in total. The van der Waals surface area contributed by atoms with Crippen LogP contribution in [0.4, 0.5) is 32.0 Å². The summed E-state index contributed by atoms with van der Waals surface area (Å²) in [6, 6.07) is 2.28. The van der Waals surface area contributed by atoms with Gasteiger partial charge < -0.3 is 4.74 Å². The SMILES string of the molecule is CC(C)c1cc([N+](=O)[O-])ccc1OC(F)(F)C(F)(F)C(F)F. The van der Waals surface area contributed by atoms with Crippen molar-refractivity contribution in [1.29, 1.82) is 0 Å². The second-order valence-corrected chi connectivity index (χ2v) is 4.68. The molecule has 1 rings (SSSR count). The van der Waals surface area contributed by atoms with Gasteiger partial charge in [0.1, 0.15) is 5.75 Å². The summed E-state index contributed by atoms with van der Waals surface area (Å²) < 4.78 is 80.0. The van der Waals surface area contributed by atoms with Crippen molar-refractivity contribution in [2.45, 2.75) is 38.2 Å². The Bertz CT molecular complexity index is 562. The number of nitrogens with zero attached hydrogens (tertiary/aromatic N) is 1. The maximum absolute atomic E-state index is 13.3. The average Bonchev–Trinajstić information content (AvgIpc) is 2.37. The van der Waals surface area contributed by atoms with Crippen LogP contribution < -0.4 is 4.74 Å². The molecule has 0 aliphatic rings. The minimum atomic E-state index is -5.71. The van der Waals surface area contributed by atoms with Gasteiger partial charge in [-0.1, -0.05) is 13.8 Å². The third kappa shape index (κ3) is 3.42. The van der Waals surface area contributed by atoms with Crippen LogP contribution in [0, 0.1) is 10.1 Å². The van der Waals surface area contributed by atoms with E-state index in [9.17, 15) is 36.5 Å². The Morgan fingerprint density at radius 2 is 1.73 bits per heavy atom. The number of nitro benzene ring substituents is 1. The number of ether oxygens (including phenoxy) is 1. The molecular weight excluding hydrogens is 320 g/mol. The maximum atomic E-state index is 13.3. The van der Waals surface area contributed by atoms with E-state index in [2.05, 4.69) is 4.74 Å².